The standard InChI is InChI=1S/C13H15N3O2S/c1-8-11(12(14)19)13(16(2)15-8)18-10-5-3-4-9(6-10)7-17/h3-6,17H,7H2,1-2H3,(H2,14,19). The Balaban J connectivity index is 2.40. The first kappa shape index (κ1) is 13.5. The summed E-state index contributed by atoms with van der Waals surface area (Å²) in [6.07, 6.45) is 0. The molecule has 0 fully saturated rings. The van der Waals surface area contributed by atoms with Crippen molar-refractivity contribution >= 4 is 17.2 Å². The molecule has 19 heavy (non-hydrogen) atoms. The first-order valence-corrected chi connectivity index (χ1v) is 6.14. The molecule has 1 aromatic heterocycles. The minimum atomic E-state index is -0.0379. The number of hydrogen-bond acceptors (Lipinski definition) is 4. The minimum absolute atomic E-state index is 0.0379. The Bertz CT molecular complexity index is 622. The second-order valence-corrected chi connectivity index (χ2v) is 4.60. The van der Waals surface area contributed by atoms with Gasteiger partial charge in [-0.25, -0.2) is 4.68 Å². The molecule has 0 aliphatic heterocycles. The van der Waals surface area contributed by atoms with Crippen LogP contribution in [0.25, 0.3) is 0 Å². The molecule has 0 aliphatic rings. The van der Waals surface area contributed by atoms with Crippen molar-refractivity contribution in [3.63, 3.8) is 0 Å². The molecule has 2 aromatic rings. The Labute approximate surface area is 116 Å². The number of aromatic nitrogens is 2. The molecule has 5 nitrogen and oxygen atoms in total. The van der Waals surface area contributed by atoms with Crippen LogP contribution in [0.1, 0.15) is 16.8 Å². The van der Waals surface area contributed by atoms with Gasteiger partial charge in [0, 0.05) is 7.05 Å². The van der Waals surface area contributed by atoms with Gasteiger partial charge in [0.05, 0.1) is 17.9 Å². The number of hydrogen-bond donors (Lipinski definition) is 2. The molecule has 1 aromatic carbocycles. The van der Waals surface area contributed by atoms with Gasteiger partial charge in [-0.15, -0.1) is 0 Å². The van der Waals surface area contributed by atoms with Gasteiger partial charge in [-0.05, 0) is 24.6 Å². The van der Waals surface area contributed by atoms with E-state index >= 15 is 0 Å². The average Bonchev–Trinajstić information content (AvgIpc) is 2.64. The molecule has 0 amide bonds. The van der Waals surface area contributed by atoms with Crippen molar-refractivity contribution < 1.29 is 9.84 Å². The van der Waals surface area contributed by atoms with Crippen LogP contribution < -0.4 is 10.5 Å². The van der Waals surface area contributed by atoms with Gasteiger partial charge in [-0.2, -0.15) is 5.10 Å². The van der Waals surface area contributed by atoms with Crippen LogP contribution in [0.15, 0.2) is 24.3 Å². The summed E-state index contributed by atoms with van der Waals surface area (Å²) in [6, 6.07) is 7.18. The summed E-state index contributed by atoms with van der Waals surface area (Å²) >= 11 is 5.02. The molecule has 0 saturated carbocycles. The second-order valence-electron chi connectivity index (χ2n) is 4.16. The zero-order chi connectivity index (χ0) is 14.0. The van der Waals surface area contributed by atoms with Crippen LogP contribution in [0.4, 0.5) is 0 Å². The molecule has 2 rings (SSSR count). The van der Waals surface area contributed by atoms with Gasteiger partial charge in [-0.3, -0.25) is 0 Å². The highest BCUT2D eigenvalue weighted by atomic mass is 32.1. The molecule has 1 heterocycles. The molecular formula is C13H15N3O2S. The third-order valence-corrected chi connectivity index (χ3v) is 2.92. The number of rotatable bonds is 4. The number of aliphatic hydroxyl groups excluding tert-OH is 1. The van der Waals surface area contributed by atoms with Gasteiger partial charge in [0.1, 0.15) is 10.7 Å². The molecule has 0 spiro atoms. The summed E-state index contributed by atoms with van der Waals surface area (Å²) in [5.74, 6) is 1.10. The van der Waals surface area contributed by atoms with Crippen molar-refractivity contribution in [1.82, 2.24) is 9.78 Å². The lowest BCUT2D eigenvalue weighted by atomic mass is 10.2. The van der Waals surface area contributed by atoms with E-state index in [9.17, 15) is 0 Å². The SMILES string of the molecule is Cc1nn(C)c(Oc2cccc(CO)c2)c1C(N)=S. The maximum atomic E-state index is 9.12. The van der Waals surface area contributed by atoms with Crippen LogP contribution in [-0.2, 0) is 13.7 Å². The second kappa shape index (κ2) is 5.38. The lowest BCUT2D eigenvalue weighted by Gasteiger charge is -2.09. The lowest BCUT2D eigenvalue weighted by Crippen LogP contribution is -2.11. The topological polar surface area (TPSA) is 73.3 Å². The first-order valence-electron chi connectivity index (χ1n) is 5.74. The predicted octanol–water partition coefficient (Wildman–Crippen LogP) is 1.65. The fourth-order valence-corrected chi connectivity index (χ4v) is 2.09. The van der Waals surface area contributed by atoms with Gasteiger partial charge >= 0.3 is 0 Å². The van der Waals surface area contributed by atoms with Gasteiger partial charge in [0.2, 0.25) is 5.88 Å². The number of nitrogens with zero attached hydrogens (tertiary/aromatic N) is 2. The van der Waals surface area contributed by atoms with Crippen molar-refractivity contribution in [2.24, 2.45) is 12.8 Å². The molecule has 0 bridgehead atoms. The van der Waals surface area contributed by atoms with E-state index in [0.717, 1.165) is 11.3 Å². The Kier molecular flexibility index (Phi) is 3.82. The van der Waals surface area contributed by atoms with Crippen molar-refractivity contribution in [2.75, 3.05) is 0 Å². The van der Waals surface area contributed by atoms with Crippen molar-refractivity contribution in [2.45, 2.75) is 13.5 Å². The third-order valence-electron chi connectivity index (χ3n) is 2.71. The van der Waals surface area contributed by atoms with E-state index in [2.05, 4.69) is 5.10 Å². The van der Waals surface area contributed by atoms with E-state index < -0.39 is 0 Å². The highest BCUT2D eigenvalue weighted by Crippen LogP contribution is 2.27. The predicted molar refractivity (Wildman–Crippen MR) is 76.3 cm³/mol. The Morgan fingerprint density at radius 3 is 2.89 bits per heavy atom. The Morgan fingerprint density at radius 1 is 1.53 bits per heavy atom. The highest BCUT2D eigenvalue weighted by Gasteiger charge is 2.17. The quantitative estimate of drug-likeness (QED) is 0.831. The van der Waals surface area contributed by atoms with Gasteiger partial charge in [-0.1, -0.05) is 24.4 Å². The fourth-order valence-electron chi connectivity index (χ4n) is 1.86. The van der Waals surface area contributed by atoms with Crippen molar-refractivity contribution in [1.29, 1.82) is 0 Å². The van der Waals surface area contributed by atoms with Crippen LogP contribution >= 0.6 is 12.2 Å². The van der Waals surface area contributed by atoms with Crippen LogP contribution in [0, 0.1) is 6.92 Å². The monoisotopic (exact) mass is 277 g/mol. The Morgan fingerprint density at radius 2 is 2.26 bits per heavy atom. The fraction of sp³-hybridized carbons (Fsp3) is 0.231. The molecule has 100 valence electrons. The number of aliphatic hydroxyl groups is 1. The molecule has 3 N–H and O–H groups in total. The maximum Gasteiger partial charge on any atom is 0.228 e. The highest BCUT2D eigenvalue weighted by molar-refractivity contribution is 7.80. The van der Waals surface area contributed by atoms with E-state index in [1.54, 1.807) is 23.9 Å². The van der Waals surface area contributed by atoms with E-state index in [1.807, 2.05) is 19.1 Å². The summed E-state index contributed by atoms with van der Waals surface area (Å²) in [6.45, 7) is 1.79. The van der Waals surface area contributed by atoms with Crippen LogP contribution in [-0.4, -0.2) is 19.9 Å². The largest absolute Gasteiger partial charge is 0.439 e. The number of benzene rings is 1. The zero-order valence-electron chi connectivity index (χ0n) is 10.8. The number of aryl methyl sites for hydroxylation is 2. The summed E-state index contributed by atoms with van der Waals surface area (Å²) in [7, 11) is 1.76. The summed E-state index contributed by atoms with van der Waals surface area (Å²) in [4.78, 5) is 0.249. The molecule has 0 atom stereocenters. The molecule has 0 aliphatic carbocycles. The molecule has 6 heteroatoms. The maximum absolute atomic E-state index is 9.12. The van der Waals surface area contributed by atoms with Crippen LogP contribution in [0.3, 0.4) is 0 Å². The Hall–Kier alpha value is -1.92. The summed E-state index contributed by atoms with van der Waals surface area (Å²) in [5, 5.41) is 13.4. The van der Waals surface area contributed by atoms with E-state index in [1.165, 1.54) is 0 Å². The van der Waals surface area contributed by atoms with Gasteiger partial charge < -0.3 is 15.6 Å². The number of nitrogens with two attached hydrogens (primary N) is 1. The summed E-state index contributed by atoms with van der Waals surface area (Å²) in [5.41, 5.74) is 7.82. The van der Waals surface area contributed by atoms with E-state index in [4.69, 9.17) is 27.8 Å². The first-order chi connectivity index (χ1) is 9.02. The third kappa shape index (κ3) is 2.74. The smallest absolute Gasteiger partial charge is 0.228 e. The molecule has 0 radical (unpaired) electrons. The lowest BCUT2D eigenvalue weighted by molar-refractivity contribution is 0.281. The van der Waals surface area contributed by atoms with E-state index in [-0.39, 0.29) is 11.6 Å². The normalized spacial score (nSPS) is 10.5. The zero-order valence-corrected chi connectivity index (χ0v) is 11.6. The molecular weight excluding hydrogens is 262 g/mol. The van der Waals surface area contributed by atoms with Gasteiger partial charge in [0.15, 0.2) is 0 Å². The van der Waals surface area contributed by atoms with Crippen molar-refractivity contribution in [3.05, 3.63) is 41.1 Å². The van der Waals surface area contributed by atoms with Crippen LogP contribution in [0.2, 0.25) is 0 Å². The minimum Gasteiger partial charge on any atom is -0.439 e. The average molecular weight is 277 g/mol. The van der Waals surface area contributed by atoms with E-state index in [0.29, 0.717) is 17.2 Å². The molecule has 0 saturated heterocycles. The van der Waals surface area contributed by atoms with Gasteiger partial charge in [0.25, 0.3) is 0 Å². The van der Waals surface area contributed by atoms with Crippen LogP contribution in [0.5, 0.6) is 11.6 Å². The number of ether oxygens (including phenoxy) is 1. The van der Waals surface area contributed by atoms with Crippen molar-refractivity contribution in [3.8, 4) is 11.6 Å². The summed E-state index contributed by atoms with van der Waals surface area (Å²) < 4.78 is 7.38. The number of thiocarbonyl (C=S) groups is 1. The molecule has 0 unspecified atom stereocenters.